The molecule has 1 heterocycles. The van der Waals surface area contributed by atoms with E-state index >= 15 is 0 Å². The Morgan fingerprint density at radius 3 is 2.60 bits per heavy atom. The zero-order chi connectivity index (χ0) is 7.45. The number of carbonyl (C=O) groups is 1. The topological polar surface area (TPSA) is 26.3 Å². The molecular weight excluding hydrogens is 130 g/mol. The maximum absolute atomic E-state index is 10.2. The predicted octanol–water partition coefficient (Wildman–Crippen LogP) is -0.338. The summed E-state index contributed by atoms with van der Waals surface area (Å²) >= 11 is 0. The molecule has 1 aliphatic rings. The molecule has 3 heteroatoms. The summed E-state index contributed by atoms with van der Waals surface area (Å²) in [5.41, 5.74) is 0. The number of morpholine rings is 1. The van der Waals surface area contributed by atoms with E-state index in [0.29, 0.717) is 6.54 Å². The fourth-order valence-electron chi connectivity index (χ4n) is 1.15. The van der Waals surface area contributed by atoms with Crippen molar-refractivity contribution in [2.75, 3.05) is 39.9 Å². The summed E-state index contributed by atoms with van der Waals surface area (Å²) in [6, 6.07) is 0. The van der Waals surface area contributed by atoms with Gasteiger partial charge in [-0.15, -0.1) is 0 Å². The smallest absolute Gasteiger partial charge is 0.174 e. The van der Waals surface area contributed by atoms with Gasteiger partial charge in [-0.25, -0.2) is 0 Å². The monoisotopic (exact) mass is 144 g/mol. The molecule has 0 bridgehead atoms. The Hall–Kier alpha value is -0.410. The van der Waals surface area contributed by atoms with Crippen LogP contribution in [0.1, 0.15) is 0 Å². The van der Waals surface area contributed by atoms with Gasteiger partial charge in [0.1, 0.15) is 19.6 Å². The fraction of sp³-hybridized carbons (Fsp3) is 0.857. The van der Waals surface area contributed by atoms with Crippen molar-refractivity contribution < 1.29 is 14.0 Å². The van der Waals surface area contributed by atoms with Gasteiger partial charge in [-0.05, 0) is 0 Å². The zero-order valence-corrected chi connectivity index (χ0v) is 6.38. The average Bonchev–Trinajstić information content (AvgIpc) is 1.89. The van der Waals surface area contributed by atoms with Crippen molar-refractivity contribution in [1.82, 2.24) is 0 Å². The van der Waals surface area contributed by atoms with E-state index in [0.717, 1.165) is 37.1 Å². The molecule has 1 rings (SSSR count). The van der Waals surface area contributed by atoms with Gasteiger partial charge in [-0.3, -0.25) is 4.79 Å². The Balaban J connectivity index is 2.39. The third-order valence-corrected chi connectivity index (χ3v) is 2.07. The summed E-state index contributed by atoms with van der Waals surface area (Å²) < 4.78 is 6.03. The molecule has 0 atom stereocenters. The van der Waals surface area contributed by atoms with E-state index in [4.69, 9.17) is 4.74 Å². The molecular formula is C7H14NO2+. The third kappa shape index (κ3) is 1.78. The van der Waals surface area contributed by atoms with Gasteiger partial charge in [0.25, 0.3) is 0 Å². The normalized spacial score (nSPS) is 24.1. The van der Waals surface area contributed by atoms with Crippen molar-refractivity contribution in [3.8, 4) is 0 Å². The Morgan fingerprint density at radius 1 is 1.50 bits per heavy atom. The van der Waals surface area contributed by atoms with Crippen LogP contribution in [0.3, 0.4) is 0 Å². The Morgan fingerprint density at radius 2 is 2.10 bits per heavy atom. The molecule has 0 spiro atoms. The van der Waals surface area contributed by atoms with E-state index in [-0.39, 0.29) is 0 Å². The summed E-state index contributed by atoms with van der Waals surface area (Å²) in [7, 11) is 2.09. The lowest BCUT2D eigenvalue weighted by Gasteiger charge is -2.35. The maximum Gasteiger partial charge on any atom is 0.174 e. The molecule has 1 saturated heterocycles. The molecule has 0 aromatic carbocycles. The van der Waals surface area contributed by atoms with Crippen molar-refractivity contribution in [3.63, 3.8) is 0 Å². The minimum absolute atomic E-state index is 0.628. The Labute approximate surface area is 61.2 Å². The van der Waals surface area contributed by atoms with Gasteiger partial charge < -0.3 is 9.22 Å². The van der Waals surface area contributed by atoms with E-state index in [1.54, 1.807) is 0 Å². The summed E-state index contributed by atoms with van der Waals surface area (Å²) in [5.74, 6) is 0. The zero-order valence-electron chi connectivity index (χ0n) is 6.38. The van der Waals surface area contributed by atoms with Gasteiger partial charge in [0.2, 0.25) is 0 Å². The second-order valence-electron chi connectivity index (χ2n) is 3.03. The van der Waals surface area contributed by atoms with Crippen LogP contribution in [-0.2, 0) is 9.53 Å². The molecule has 0 aromatic heterocycles. The van der Waals surface area contributed by atoms with Crippen LogP contribution < -0.4 is 0 Å². The number of hydrogen-bond donors (Lipinski definition) is 0. The standard InChI is InChI=1S/C7H14NO2/c1-8(2-5-9)3-6-10-7-4-8/h5H,2-4,6-7H2,1H3/q+1. The van der Waals surface area contributed by atoms with Crippen LogP contribution in [0.4, 0.5) is 0 Å². The second kappa shape index (κ2) is 3.12. The number of hydrogen-bond acceptors (Lipinski definition) is 2. The Bertz CT molecular complexity index is 119. The lowest BCUT2D eigenvalue weighted by atomic mass is 10.3. The van der Waals surface area contributed by atoms with Gasteiger partial charge in [-0.2, -0.15) is 0 Å². The second-order valence-corrected chi connectivity index (χ2v) is 3.03. The average molecular weight is 144 g/mol. The van der Waals surface area contributed by atoms with Gasteiger partial charge in [0.05, 0.1) is 20.3 Å². The number of quaternary nitrogens is 1. The highest BCUT2D eigenvalue weighted by Gasteiger charge is 2.23. The van der Waals surface area contributed by atoms with Crippen molar-refractivity contribution >= 4 is 6.29 Å². The van der Waals surface area contributed by atoms with Crippen LogP contribution in [0.2, 0.25) is 0 Å². The van der Waals surface area contributed by atoms with E-state index < -0.39 is 0 Å². The first-order valence-corrected chi connectivity index (χ1v) is 3.62. The fourth-order valence-corrected chi connectivity index (χ4v) is 1.15. The van der Waals surface area contributed by atoms with Crippen LogP contribution in [0.5, 0.6) is 0 Å². The van der Waals surface area contributed by atoms with Crippen LogP contribution in [0.25, 0.3) is 0 Å². The third-order valence-electron chi connectivity index (χ3n) is 2.07. The quantitative estimate of drug-likeness (QED) is 0.391. The minimum Gasteiger partial charge on any atom is -0.370 e. The molecule has 0 N–H and O–H groups in total. The number of ether oxygens (including phenoxy) is 1. The van der Waals surface area contributed by atoms with Crippen molar-refractivity contribution in [2.24, 2.45) is 0 Å². The van der Waals surface area contributed by atoms with Crippen LogP contribution >= 0.6 is 0 Å². The molecule has 3 nitrogen and oxygen atoms in total. The number of carbonyl (C=O) groups excluding carboxylic acids is 1. The first kappa shape index (κ1) is 7.69. The highest BCUT2D eigenvalue weighted by atomic mass is 16.5. The molecule has 0 unspecified atom stereocenters. The summed E-state index contributed by atoms with van der Waals surface area (Å²) in [6.07, 6.45) is 0.991. The highest BCUT2D eigenvalue weighted by molar-refractivity contribution is 5.50. The molecule has 1 aliphatic heterocycles. The lowest BCUT2D eigenvalue weighted by molar-refractivity contribution is -0.908. The van der Waals surface area contributed by atoms with Crippen LogP contribution in [0, 0.1) is 0 Å². The van der Waals surface area contributed by atoms with Gasteiger partial charge in [0, 0.05) is 0 Å². The van der Waals surface area contributed by atoms with Gasteiger partial charge >= 0.3 is 0 Å². The first-order chi connectivity index (χ1) is 4.77. The van der Waals surface area contributed by atoms with Gasteiger partial charge in [-0.1, -0.05) is 0 Å². The van der Waals surface area contributed by atoms with E-state index in [9.17, 15) is 4.79 Å². The van der Waals surface area contributed by atoms with Gasteiger partial charge in [0.15, 0.2) is 6.29 Å². The summed E-state index contributed by atoms with van der Waals surface area (Å²) in [5, 5.41) is 0. The van der Waals surface area contributed by atoms with Crippen molar-refractivity contribution in [3.05, 3.63) is 0 Å². The highest BCUT2D eigenvalue weighted by Crippen LogP contribution is 2.04. The predicted molar refractivity (Wildman–Crippen MR) is 37.7 cm³/mol. The number of aldehydes is 1. The molecule has 0 aromatic rings. The lowest BCUT2D eigenvalue weighted by Crippen LogP contribution is -2.52. The molecule has 10 heavy (non-hydrogen) atoms. The van der Waals surface area contributed by atoms with E-state index in [1.165, 1.54) is 0 Å². The Kier molecular flexibility index (Phi) is 2.40. The molecule has 0 saturated carbocycles. The first-order valence-electron chi connectivity index (χ1n) is 3.62. The summed E-state index contributed by atoms with van der Waals surface area (Å²) in [4.78, 5) is 10.2. The number of rotatable bonds is 2. The number of likely N-dealkylation sites (N-methyl/N-ethyl adjacent to an activating group) is 1. The van der Waals surface area contributed by atoms with E-state index in [1.807, 2.05) is 0 Å². The van der Waals surface area contributed by atoms with Crippen molar-refractivity contribution in [1.29, 1.82) is 0 Å². The van der Waals surface area contributed by atoms with Crippen LogP contribution in [0.15, 0.2) is 0 Å². The van der Waals surface area contributed by atoms with Crippen molar-refractivity contribution in [2.45, 2.75) is 0 Å². The SMILES string of the molecule is C[N+]1(CC=O)CCOCC1. The largest absolute Gasteiger partial charge is 0.370 e. The summed E-state index contributed by atoms with van der Waals surface area (Å²) in [6.45, 7) is 4.16. The molecule has 58 valence electrons. The minimum atomic E-state index is 0.628. The molecule has 0 aliphatic carbocycles. The van der Waals surface area contributed by atoms with Crippen LogP contribution in [-0.4, -0.2) is 50.7 Å². The molecule has 1 fully saturated rings. The van der Waals surface area contributed by atoms with E-state index in [2.05, 4.69) is 7.05 Å². The number of nitrogens with zero attached hydrogens (tertiary/aromatic N) is 1. The molecule has 0 amide bonds. The molecule has 0 radical (unpaired) electrons. The maximum atomic E-state index is 10.2.